The van der Waals surface area contributed by atoms with Crippen LogP contribution in [0, 0.1) is 0 Å². The van der Waals surface area contributed by atoms with Crippen LogP contribution >= 0.6 is 0 Å². The van der Waals surface area contributed by atoms with Gasteiger partial charge >= 0.3 is 0 Å². The molecule has 0 aliphatic rings. The van der Waals surface area contributed by atoms with E-state index < -0.39 is 0 Å². The molecule has 2 aromatic carbocycles. The Hall–Kier alpha value is -2.29. The molecule has 0 aliphatic carbocycles. The number of H-pyrrole nitrogens is 1. The Morgan fingerprint density at radius 2 is 1.85 bits per heavy atom. The van der Waals surface area contributed by atoms with E-state index in [-0.39, 0.29) is 6.10 Å². The Balaban J connectivity index is 1.79. The van der Waals surface area contributed by atoms with Gasteiger partial charge in [-0.2, -0.15) is 0 Å². The smallest absolute Gasteiger partial charge is 0.153 e. The van der Waals surface area contributed by atoms with Crippen molar-refractivity contribution in [3.63, 3.8) is 0 Å². The molecule has 3 nitrogen and oxygen atoms in total. The lowest BCUT2D eigenvalue weighted by Gasteiger charge is -2.12. The van der Waals surface area contributed by atoms with Crippen LogP contribution in [0.4, 0.5) is 0 Å². The van der Waals surface area contributed by atoms with Crippen LogP contribution in [-0.4, -0.2) is 9.97 Å². The van der Waals surface area contributed by atoms with E-state index in [1.165, 1.54) is 5.56 Å². The predicted octanol–water partition coefficient (Wildman–Crippen LogP) is 4.27. The number of imidazole rings is 1. The van der Waals surface area contributed by atoms with Crippen LogP contribution in [0.3, 0.4) is 0 Å². The number of ether oxygens (including phenoxy) is 1. The molecule has 0 saturated carbocycles. The second-order valence-corrected chi connectivity index (χ2v) is 4.90. The van der Waals surface area contributed by atoms with Gasteiger partial charge in [0.25, 0.3) is 0 Å². The first-order valence-corrected chi connectivity index (χ1v) is 6.96. The lowest BCUT2D eigenvalue weighted by atomic mass is 10.2. The average molecular weight is 266 g/mol. The summed E-state index contributed by atoms with van der Waals surface area (Å²) in [6, 6.07) is 16.2. The van der Waals surface area contributed by atoms with Crippen LogP contribution in [-0.2, 0) is 6.42 Å². The minimum absolute atomic E-state index is 0.102. The zero-order valence-electron chi connectivity index (χ0n) is 11.8. The Morgan fingerprint density at radius 3 is 2.55 bits per heavy atom. The zero-order valence-corrected chi connectivity index (χ0v) is 11.8. The van der Waals surface area contributed by atoms with E-state index >= 15 is 0 Å². The first-order chi connectivity index (χ1) is 9.76. The number of rotatable bonds is 4. The van der Waals surface area contributed by atoms with E-state index in [9.17, 15) is 0 Å². The summed E-state index contributed by atoms with van der Waals surface area (Å²) in [6.07, 6.45) is 0.939. The van der Waals surface area contributed by atoms with Gasteiger partial charge in [-0.25, -0.2) is 4.98 Å². The van der Waals surface area contributed by atoms with Crippen LogP contribution in [0.2, 0.25) is 0 Å². The Labute approximate surface area is 118 Å². The van der Waals surface area contributed by atoms with Crippen LogP contribution < -0.4 is 4.74 Å². The molecule has 0 aliphatic heterocycles. The van der Waals surface area contributed by atoms with Crippen molar-refractivity contribution in [3.8, 4) is 5.75 Å². The zero-order chi connectivity index (χ0) is 13.9. The molecule has 20 heavy (non-hydrogen) atoms. The Bertz CT molecular complexity index is 667. The van der Waals surface area contributed by atoms with E-state index in [4.69, 9.17) is 4.74 Å². The SMILES string of the molecule is CCc1ccc(O[C@@H](C)c2nc3ccccc3[nH]2)cc1. The predicted molar refractivity (Wildman–Crippen MR) is 81.0 cm³/mol. The fourth-order valence-corrected chi connectivity index (χ4v) is 2.23. The number of aryl methyl sites for hydroxylation is 1. The summed E-state index contributed by atoms with van der Waals surface area (Å²) < 4.78 is 5.94. The van der Waals surface area contributed by atoms with Gasteiger partial charge in [0.1, 0.15) is 11.6 Å². The summed E-state index contributed by atoms with van der Waals surface area (Å²) in [5, 5.41) is 0. The number of nitrogens with one attached hydrogen (secondary N) is 1. The fraction of sp³-hybridized carbons (Fsp3) is 0.235. The fourth-order valence-electron chi connectivity index (χ4n) is 2.23. The Kier molecular flexibility index (Phi) is 3.42. The highest BCUT2D eigenvalue weighted by atomic mass is 16.5. The number of benzene rings is 2. The van der Waals surface area contributed by atoms with Crippen molar-refractivity contribution in [3.05, 3.63) is 59.9 Å². The van der Waals surface area contributed by atoms with Gasteiger partial charge in [0, 0.05) is 0 Å². The van der Waals surface area contributed by atoms with Crippen molar-refractivity contribution in [2.75, 3.05) is 0 Å². The third-order valence-electron chi connectivity index (χ3n) is 3.44. The molecule has 1 atom stereocenters. The molecule has 0 radical (unpaired) electrons. The molecule has 3 aromatic rings. The summed E-state index contributed by atoms with van der Waals surface area (Å²) in [6.45, 7) is 4.15. The Morgan fingerprint density at radius 1 is 1.10 bits per heavy atom. The quantitative estimate of drug-likeness (QED) is 0.766. The lowest BCUT2D eigenvalue weighted by Crippen LogP contribution is -2.05. The third kappa shape index (κ3) is 2.52. The normalized spacial score (nSPS) is 12.5. The first-order valence-electron chi connectivity index (χ1n) is 6.96. The number of fused-ring (bicyclic) bond motifs is 1. The second kappa shape index (κ2) is 5.37. The first kappa shape index (κ1) is 12.7. The molecular formula is C17H18N2O. The van der Waals surface area contributed by atoms with Crippen molar-refractivity contribution < 1.29 is 4.74 Å². The molecule has 0 spiro atoms. The largest absolute Gasteiger partial charge is 0.483 e. The minimum atomic E-state index is -0.102. The van der Waals surface area contributed by atoms with E-state index in [1.54, 1.807) is 0 Å². The minimum Gasteiger partial charge on any atom is -0.483 e. The highest BCUT2D eigenvalue weighted by molar-refractivity contribution is 5.74. The molecule has 1 heterocycles. The molecule has 0 amide bonds. The monoisotopic (exact) mass is 266 g/mol. The van der Waals surface area contributed by atoms with E-state index in [0.29, 0.717) is 0 Å². The van der Waals surface area contributed by atoms with Crippen molar-refractivity contribution in [2.24, 2.45) is 0 Å². The molecule has 102 valence electrons. The number of aromatic nitrogens is 2. The lowest BCUT2D eigenvalue weighted by molar-refractivity contribution is 0.218. The van der Waals surface area contributed by atoms with Gasteiger partial charge in [-0.15, -0.1) is 0 Å². The molecule has 1 aromatic heterocycles. The van der Waals surface area contributed by atoms with Crippen LogP contribution in [0.1, 0.15) is 31.3 Å². The second-order valence-electron chi connectivity index (χ2n) is 4.90. The topological polar surface area (TPSA) is 37.9 Å². The van der Waals surface area contributed by atoms with Crippen molar-refractivity contribution in [1.82, 2.24) is 9.97 Å². The van der Waals surface area contributed by atoms with Gasteiger partial charge < -0.3 is 9.72 Å². The standard InChI is InChI=1S/C17H18N2O/c1-3-13-8-10-14(11-9-13)20-12(2)17-18-15-6-4-5-7-16(15)19-17/h4-12H,3H2,1-2H3,(H,18,19)/t12-/m0/s1. The summed E-state index contributed by atoms with van der Waals surface area (Å²) in [5.41, 5.74) is 3.33. The van der Waals surface area contributed by atoms with Crippen LogP contribution in [0.5, 0.6) is 5.75 Å². The maximum absolute atomic E-state index is 5.94. The molecule has 0 bridgehead atoms. The summed E-state index contributed by atoms with van der Waals surface area (Å²) in [5.74, 6) is 1.72. The number of nitrogens with zero attached hydrogens (tertiary/aromatic N) is 1. The van der Waals surface area contributed by atoms with Gasteiger partial charge in [-0.05, 0) is 43.2 Å². The van der Waals surface area contributed by atoms with Crippen molar-refractivity contribution in [1.29, 1.82) is 0 Å². The van der Waals surface area contributed by atoms with E-state index in [1.807, 2.05) is 43.3 Å². The number of hydrogen-bond acceptors (Lipinski definition) is 2. The van der Waals surface area contributed by atoms with Crippen LogP contribution in [0.25, 0.3) is 11.0 Å². The highest BCUT2D eigenvalue weighted by Crippen LogP contribution is 2.22. The number of aromatic amines is 1. The molecule has 3 rings (SSSR count). The summed E-state index contributed by atoms with van der Waals surface area (Å²) in [7, 11) is 0. The summed E-state index contributed by atoms with van der Waals surface area (Å²) >= 11 is 0. The van der Waals surface area contributed by atoms with Crippen LogP contribution in [0.15, 0.2) is 48.5 Å². The van der Waals surface area contributed by atoms with Crippen molar-refractivity contribution >= 4 is 11.0 Å². The maximum atomic E-state index is 5.94. The van der Waals surface area contributed by atoms with Crippen molar-refractivity contribution in [2.45, 2.75) is 26.4 Å². The molecular weight excluding hydrogens is 248 g/mol. The third-order valence-corrected chi connectivity index (χ3v) is 3.44. The molecule has 3 heteroatoms. The highest BCUT2D eigenvalue weighted by Gasteiger charge is 2.12. The molecule has 0 unspecified atom stereocenters. The van der Waals surface area contributed by atoms with Gasteiger partial charge in [-0.3, -0.25) is 0 Å². The number of hydrogen-bond donors (Lipinski definition) is 1. The average Bonchev–Trinajstić information content (AvgIpc) is 2.92. The van der Waals surface area contributed by atoms with Gasteiger partial charge in [-0.1, -0.05) is 31.2 Å². The van der Waals surface area contributed by atoms with E-state index in [0.717, 1.165) is 29.0 Å². The van der Waals surface area contributed by atoms with E-state index in [2.05, 4.69) is 29.0 Å². The van der Waals surface area contributed by atoms with Gasteiger partial charge in [0.15, 0.2) is 6.10 Å². The maximum Gasteiger partial charge on any atom is 0.153 e. The van der Waals surface area contributed by atoms with Gasteiger partial charge in [0.2, 0.25) is 0 Å². The molecule has 0 fully saturated rings. The number of para-hydroxylation sites is 2. The molecule has 1 N–H and O–H groups in total. The summed E-state index contributed by atoms with van der Waals surface area (Å²) in [4.78, 5) is 7.86. The van der Waals surface area contributed by atoms with Gasteiger partial charge in [0.05, 0.1) is 11.0 Å². The molecule has 0 saturated heterocycles.